The van der Waals surface area contributed by atoms with Gasteiger partial charge < -0.3 is 14.2 Å². The van der Waals surface area contributed by atoms with Crippen molar-refractivity contribution >= 4 is 35.5 Å². The molecule has 0 saturated carbocycles. The van der Waals surface area contributed by atoms with Gasteiger partial charge in [-0.05, 0) is 49.0 Å². The van der Waals surface area contributed by atoms with E-state index in [4.69, 9.17) is 16.3 Å². The highest BCUT2D eigenvalue weighted by Gasteiger charge is 2.40. The lowest BCUT2D eigenvalue weighted by Gasteiger charge is -2.43. The average molecular weight is 386 g/mol. The highest BCUT2D eigenvalue weighted by Crippen LogP contribution is 2.38. The first-order valence-electron chi connectivity index (χ1n) is 8.42. The molecule has 7 heteroatoms. The number of nitrogens with zero attached hydrogens (tertiary/aromatic N) is 1. The summed E-state index contributed by atoms with van der Waals surface area (Å²) in [6, 6.07) is 7.35. The van der Waals surface area contributed by atoms with E-state index in [1.165, 1.54) is 7.11 Å². The number of benzene rings is 1. The van der Waals surface area contributed by atoms with Crippen molar-refractivity contribution in [2.75, 3.05) is 12.9 Å². The fourth-order valence-corrected chi connectivity index (χ4v) is 4.08. The Morgan fingerprint density at radius 1 is 1.40 bits per heavy atom. The summed E-state index contributed by atoms with van der Waals surface area (Å²) in [6.07, 6.45) is 2.23. The molecule has 3 unspecified atom stereocenters. The summed E-state index contributed by atoms with van der Waals surface area (Å²) in [6.45, 7) is 2.00. The maximum atomic E-state index is 13.1. The van der Waals surface area contributed by atoms with Gasteiger partial charge in [-0.3, -0.25) is 9.59 Å². The first-order chi connectivity index (χ1) is 12.0. The number of ether oxygens (including phenoxy) is 1. The van der Waals surface area contributed by atoms with Crippen LogP contribution < -0.4 is 0 Å². The van der Waals surface area contributed by atoms with E-state index in [1.54, 1.807) is 0 Å². The normalized spacial score (nSPS) is 21.9. The van der Waals surface area contributed by atoms with Crippen LogP contribution in [0.15, 0.2) is 24.3 Å². The predicted molar refractivity (Wildman–Crippen MR) is 99.6 cm³/mol. The Kier molecular flexibility index (Phi) is 7.59. The van der Waals surface area contributed by atoms with Crippen LogP contribution in [-0.2, 0) is 14.3 Å². The van der Waals surface area contributed by atoms with Gasteiger partial charge in [0.2, 0.25) is 5.91 Å². The molecule has 1 amide bonds. The Labute approximate surface area is 157 Å². The summed E-state index contributed by atoms with van der Waals surface area (Å²) in [5.74, 6) is -0.337. The minimum Gasteiger partial charge on any atom is -0.469 e. The summed E-state index contributed by atoms with van der Waals surface area (Å²) >= 11 is 6.73. The average Bonchev–Trinajstić information content (AvgIpc) is 2.62. The minimum absolute atomic E-state index is 0.0440. The van der Waals surface area contributed by atoms with E-state index in [1.807, 2.05) is 36.1 Å². The van der Waals surface area contributed by atoms with Gasteiger partial charge in [-0.25, -0.2) is 0 Å². The molecule has 2 rings (SSSR count). The Hall–Kier alpha value is -1.24. The van der Waals surface area contributed by atoms with Crippen LogP contribution in [-0.4, -0.2) is 40.2 Å². The number of likely N-dealkylation sites (tertiary alicyclic amines) is 1. The first-order valence-corrected chi connectivity index (χ1v) is 9.74. The molecule has 1 aliphatic rings. The van der Waals surface area contributed by atoms with Crippen molar-refractivity contribution in [2.45, 2.75) is 44.7 Å². The van der Waals surface area contributed by atoms with Crippen molar-refractivity contribution in [3.63, 3.8) is 0 Å². The van der Waals surface area contributed by atoms with Crippen LogP contribution >= 0.6 is 23.6 Å². The molecule has 0 bridgehead atoms. The molecular weight excluding hydrogens is 362 g/mol. The summed E-state index contributed by atoms with van der Waals surface area (Å²) in [5.41, 5.74) is 1.02. The van der Waals surface area contributed by atoms with Crippen LogP contribution in [0, 0.1) is 5.92 Å². The SMILES string of the molecule is CCC(CSO)N1C(=O)C(CC(=O)OC)CCC1c1ccc(Cl)cc1. The van der Waals surface area contributed by atoms with Crippen LogP contribution in [0.3, 0.4) is 0 Å². The number of methoxy groups -OCH3 is 1. The molecule has 1 fully saturated rings. The van der Waals surface area contributed by atoms with Gasteiger partial charge in [-0.2, -0.15) is 0 Å². The third-order valence-electron chi connectivity index (χ3n) is 4.76. The largest absolute Gasteiger partial charge is 0.469 e. The Bertz CT molecular complexity index is 595. The van der Waals surface area contributed by atoms with Gasteiger partial charge in [0.05, 0.1) is 19.6 Å². The second kappa shape index (κ2) is 9.46. The Morgan fingerprint density at radius 3 is 2.64 bits per heavy atom. The second-order valence-electron chi connectivity index (χ2n) is 6.23. The van der Waals surface area contributed by atoms with Gasteiger partial charge in [-0.15, -0.1) is 0 Å². The number of rotatable bonds is 7. The number of halogens is 1. The quantitative estimate of drug-likeness (QED) is 0.563. The molecule has 1 heterocycles. The van der Waals surface area contributed by atoms with Gasteiger partial charge in [0.15, 0.2) is 0 Å². The molecule has 1 aromatic carbocycles. The number of piperidine rings is 1. The number of hydrogen-bond acceptors (Lipinski definition) is 5. The molecule has 0 aromatic heterocycles. The maximum absolute atomic E-state index is 13.1. The number of amides is 1. The zero-order chi connectivity index (χ0) is 18.4. The van der Waals surface area contributed by atoms with E-state index in [0.717, 1.165) is 30.4 Å². The smallest absolute Gasteiger partial charge is 0.306 e. The van der Waals surface area contributed by atoms with Crippen molar-refractivity contribution in [2.24, 2.45) is 5.92 Å². The zero-order valence-electron chi connectivity index (χ0n) is 14.5. The van der Waals surface area contributed by atoms with E-state index in [0.29, 0.717) is 17.2 Å². The topological polar surface area (TPSA) is 66.8 Å². The highest BCUT2D eigenvalue weighted by molar-refractivity contribution is 7.93. The highest BCUT2D eigenvalue weighted by atomic mass is 35.5. The van der Waals surface area contributed by atoms with Gasteiger partial charge in [-0.1, -0.05) is 30.7 Å². The summed E-state index contributed by atoms with van der Waals surface area (Å²) < 4.78 is 14.0. The van der Waals surface area contributed by atoms with Gasteiger partial charge in [0, 0.05) is 22.7 Å². The molecule has 0 aliphatic carbocycles. The van der Waals surface area contributed by atoms with E-state index >= 15 is 0 Å². The van der Waals surface area contributed by atoms with Crippen molar-refractivity contribution in [1.29, 1.82) is 0 Å². The van der Waals surface area contributed by atoms with E-state index in [9.17, 15) is 14.1 Å². The molecule has 5 nitrogen and oxygen atoms in total. The third-order valence-corrected chi connectivity index (χ3v) is 5.54. The summed E-state index contributed by atoms with van der Waals surface area (Å²) in [5, 5.41) is 0.652. The van der Waals surface area contributed by atoms with Crippen molar-refractivity contribution < 1.29 is 18.9 Å². The standard InChI is InChI=1S/C18H24ClNO4S/c1-3-15(11-25-23)20-16(12-4-7-14(19)8-5-12)9-6-13(18(20)22)10-17(21)24-2/h4-5,7-8,13,15-16,23H,3,6,9-11H2,1-2H3. The lowest BCUT2D eigenvalue weighted by Crippen LogP contribution is -2.50. The fourth-order valence-electron chi connectivity index (χ4n) is 3.39. The number of hydrogen-bond donors (Lipinski definition) is 1. The van der Waals surface area contributed by atoms with E-state index < -0.39 is 0 Å². The molecule has 1 saturated heterocycles. The third kappa shape index (κ3) is 4.90. The van der Waals surface area contributed by atoms with Crippen LogP contribution in [0.4, 0.5) is 0 Å². The molecule has 0 spiro atoms. The monoisotopic (exact) mass is 385 g/mol. The van der Waals surface area contributed by atoms with Crippen LogP contribution in [0.25, 0.3) is 0 Å². The lowest BCUT2D eigenvalue weighted by molar-refractivity contribution is -0.152. The number of carbonyl (C=O) groups excluding carboxylic acids is 2. The molecule has 0 radical (unpaired) electrons. The summed E-state index contributed by atoms with van der Waals surface area (Å²) in [4.78, 5) is 26.6. The Balaban J connectivity index is 2.30. The minimum atomic E-state index is -0.368. The van der Waals surface area contributed by atoms with Crippen LogP contribution in [0.5, 0.6) is 0 Å². The second-order valence-corrected chi connectivity index (χ2v) is 7.25. The zero-order valence-corrected chi connectivity index (χ0v) is 16.1. The maximum Gasteiger partial charge on any atom is 0.306 e. The predicted octanol–water partition coefficient (Wildman–Crippen LogP) is 4.17. The molecule has 3 atom stereocenters. The van der Waals surface area contributed by atoms with Crippen LogP contribution in [0.2, 0.25) is 5.02 Å². The number of carbonyl (C=O) groups is 2. The van der Waals surface area contributed by atoms with Crippen molar-refractivity contribution in [3.8, 4) is 0 Å². The molecule has 1 aromatic rings. The van der Waals surface area contributed by atoms with Crippen molar-refractivity contribution in [3.05, 3.63) is 34.9 Å². The fraction of sp³-hybridized carbons (Fsp3) is 0.556. The number of esters is 1. The van der Waals surface area contributed by atoms with E-state index in [-0.39, 0.29) is 36.3 Å². The van der Waals surface area contributed by atoms with Gasteiger partial charge in [0.25, 0.3) is 0 Å². The molecule has 25 heavy (non-hydrogen) atoms. The van der Waals surface area contributed by atoms with Gasteiger partial charge in [0.1, 0.15) is 0 Å². The Morgan fingerprint density at radius 2 is 2.08 bits per heavy atom. The van der Waals surface area contributed by atoms with Crippen LogP contribution in [0.1, 0.15) is 44.2 Å². The molecule has 138 valence electrons. The first kappa shape index (κ1) is 20.1. The summed E-state index contributed by atoms with van der Waals surface area (Å²) in [7, 11) is 1.33. The molecule has 1 N–H and O–H groups in total. The molecular formula is C18H24ClNO4S. The van der Waals surface area contributed by atoms with Crippen molar-refractivity contribution in [1.82, 2.24) is 4.90 Å². The van der Waals surface area contributed by atoms with E-state index in [2.05, 4.69) is 0 Å². The molecule has 1 aliphatic heterocycles. The lowest BCUT2D eigenvalue weighted by atomic mass is 9.85. The van der Waals surface area contributed by atoms with Gasteiger partial charge >= 0.3 is 5.97 Å².